The van der Waals surface area contributed by atoms with E-state index in [9.17, 15) is 4.79 Å². The first-order valence-electron chi connectivity index (χ1n) is 9.57. The molecule has 1 aliphatic heterocycles. The molecule has 1 amide bonds. The third kappa shape index (κ3) is 4.59. The highest BCUT2D eigenvalue weighted by atomic mass is 16.2. The number of hydrogen-bond donors (Lipinski definition) is 0. The molecule has 0 radical (unpaired) electrons. The molecule has 138 valence electrons. The minimum atomic E-state index is 0.00473. The van der Waals surface area contributed by atoms with Crippen molar-refractivity contribution in [1.82, 2.24) is 14.9 Å². The van der Waals surface area contributed by atoms with Gasteiger partial charge in [0.15, 0.2) is 0 Å². The lowest BCUT2D eigenvalue weighted by atomic mass is 10.2. The van der Waals surface area contributed by atoms with Gasteiger partial charge in [-0.1, -0.05) is 43.2 Å². The van der Waals surface area contributed by atoms with Crippen LogP contribution in [0.15, 0.2) is 42.7 Å². The Kier molecular flexibility index (Phi) is 6.21. The molecule has 0 atom stereocenters. The normalized spacial score (nSPS) is 15.0. The Morgan fingerprint density at radius 2 is 1.73 bits per heavy atom. The van der Waals surface area contributed by atoms with Gasteiger partial charge >= 0.3 is 0 Å². The maximum atomic E-state index is 12.7. The second-order valence-corrected chi connectivity index (χ2v) is 7.17. The molecule has 0 unspecified atom stereocenters. The Bertz CT molecular complexity index is 692. The molecule has 0 N–H and O–H groups in total. The largest absolute Gasteiger partial charge is 0.349 e. The van der Waals surface area contributed by atoms with E-state index in [4.69, 9.17) is 0 Å². The number of amides is 1. The number of anilines is 1. The lowest BCUT2D eigenvalue weighted by Gasteiger charge is -2.28. The van der Waals surface area contributed by atoms with Gasteiger partial charge in [-0.05, 0) is 32.3 Å². The Labute approximate surface area is 156 Å². The summed E-state index contributed by atoms with van der Waals surface area (Å²) in [5.74, 6) is 0.807. The molecule has 0 spiro atoms. The van der Waals surface area contributed by atoms with Gasteiger partial charge in [-0.15, -0.1) is 0 Å². The van der Waals surface area contributed by atoms with Gasteiger partial charge in [-0.25, -0.2) is 9.97 Å². The monoisotopic (exact) mass is 352 g/mol. The number of nitrogens with zero attached hydrogens (tertiary/aromatic N) is 4. The third-order valence-electron chi connectivity index (χ3n) is 4.86. The van der Waals surface area contributed by atoms with Crippen LogP contribution in [-0.2, 0) is 6.54 Å². The van der Waals surface area contributed by atoms with Gasteiger partial charge in [0.1, 0.15) is 11.5 Å². The van der Waals surface area contributed by atoms with E-state index in [1.54, 1.807) is 12.4 Å². The van der Waals surface area contributed by atoms with Crippen LogP contribution in [0, 0.1) is 0 Å². The van der Waals surface area contributed by atoms with Crippen molar-refractivity contribution in [3.8, 4) is 0 Å². The van der Waals surface area contributed by atoms with E-state index in [-0.39, 0.29) is 11.9 Å². The average molecular weight is 352 g/mol. The van der Waals surface area contributed by atoms with E-state index < -0.39 is 0 Å². The van der Waals surface area contributed by atoms with E-state index in [2.05, 4.69) is 40.8 Å². The molecule has 1 aromatic heterocycles. The fraction of sp³-hybridized carbons (Fsp3) is 0.476. The zero-order valence-corrected chi connectivity index (χ0v) is 15.8. The summed E-state index contributed by atoms with van der Waals surface area (Å²) in [6, 6.07) is 10.6. The SMILES string of the molecule is CC(C)N(Cc1ccccc1)c1cnc(C(=O)N2CCCCCC2)cn1. The van der Waals surface area contributed by atoms with Gasteiger partial charge in [0, 0.05) is 25.7 Å². The Morgan fingerprint density at radius 3 is 2.31 bits per heavy atom. The van der Waals surface area contributed by atoms with Crippen molar-refractivity contribution in [2.24, 2.45) is 0 Å². The van der Waals surface area contributed by atoms with E-state index in [0.717, 1.165) is 38.3 Å². The van der Waals surface area contributed by atoms with Crippen molar-refractivity contribution in [2.45, 2.75) is 52.1 Å². The molecule has 5 nitrogen and oxygen atoms in total. The van der Waals surface area contributed by atoms with Crippen LogP contribution in [0.1, 0.15) is 55.6 Å². The van der Waals surface area contributed by atoms with Crippen LogP contribution in [0.3, 0.4) is 0 Å². The Hall–Kier alpha value is -2.43. The van der Waals surface area contributed by atoms with Crippen LogP contribution in [0.5, 0.6) is 0 Å². The van der Waals surface area contributed by atoms with E-state index in [0.29, 0.717) is 5.69 Å². The second-order valence-electron chi connectivity index (χ2n) is 7.17. The number of carbonyl (C=O) groups is 1. The molecule has 0 aliphatic carbocycles. The minimum Gasteiger partial charge on any atom is -0.349 e. The Balaban J connectivity index is 1.73. The molecular formula is C21H28N4O. The van der Waals surface area contributed by atoms with Crippen LogP contribution in [-0.4, -0.2) is 39.9 Å². The standard InChI is InChI=1S/C21H28N4O/c1-17(2)25(16-18-10-6-5-7-11-18)20-15-22-19(14-23-20)21(26)24-12-8-3-4-9-13-24/h5-7,10-11,14-15,17H,3-4,8-9,12-13,16H2,1-2H3. The predicted octanol–water partition coefficient (Wildman–Crippen LogP) is 3.91. The molecule has 0 saturated carbocycles. The minimum absolute atomic E-state index is 0.00473. The summed E-state index contributed by atoms with van der Waals surface area (Å²) in [6.07, 6.45) is 7.93. The first kappa shape index (κ1) is 18.4. The summed E-state index contributed by atoms with van der Waals surface area (Å²) in [5.41, 5.74) is 1.67. The van der Waals surface area contributed by atoms with Crippen molar-refractivity contribution in [2.75, 3.05) is 18.0 Å². The number of likely N-dealkylation sites (tertiary alicyclic amines) is 1. The van der Waals surface area contributed by atoms with Crippen molar-refractivity contribution >= 4 is 11.7 Å². The molecule has 2 heterocycles. The summed E-state index contributed by atoms with van der Waals surface area (Å²) < 4.78 is 0. The van der Waals surface area contributed by atoms with Gasteiger partial charge in [0.05, 0.1) is 12.4 Å². The fourth-order valence-corrected chi connectivity index (χ4v) is 3.32. The fourth-order valence-electron chi connectivity index (χ4n) is 3.32. The molecule has 5 heteroatoms. The van der Waals surface area contributed by atoms with Crippen LogP contribution < -0.4 is 4.90 Å². The maximum absolute atomic E-state index is 12.7. The summed E-state index contributed by atoms with van der Waals surface area (Å²) in [5, 5.41) is 0. The zero-order chi connectivity index (χ0) is 18.4. The molecule has 1 aromatic carbocycles. The predicted molar refractivity (Wildman–Crippen MR) is 104 cm³/mol. The third-order valence-corrected chi connectivity index (χ3v) is 4.86. The zero-order valence-electron chi connectivity index (χ0n) is 15.8. The van der Waals surface area contributed by atoms with Gasteiger partial charge < -0.3 is 9.80 Å². The average Bonchev–Trinajstić information content (AvgIpc) is 2.96. The smallest absolute Gasteiger partial charge is 0.274 e. The van der Waals surface area contributed by atoms with E-state index in [1.807, 2.05) is 23.1 Å². The first-order chi connectivity index (χ1) is 12.6. The summed E-state index contributed by atoms with van der Waals surface area (Å²) >= 11 is 0. The summed E-state index contributed by atoms with van der Waals surface area (Å²) in [6.45, 7) is 6.71. The molecule has 1 fully saturated rings. The van der Waals surface area contributed by atoms with Crippen molar-refractivity contribution in [3.05, 3.63) is 54.0 Å². The molecule has 26 heavy (non-hydrogen) atoms. The molecular weight excluding hydrogens is 324 g/mol. The van der Waals surface area contributed by atoms with Crippen LogP contribution in [0.4, 0.5) is 5.82 Å². The topological polar surface area (TPSA) is 49.3 Å². The van der Waals surface area contributed by atoms with E-state index >= 15 is 0 Å². The number of hydrogen-bond acceptors (Lipinski definition) is 4. The molecule has 2 aromatic rings. The second kappa shape index (κ2) is 8.79. The molecule has 1 saturated heterocycles. The number of benzene rings is 1. The van der Waals surface area contributed by atoms with Crippen molar-refractivity contribution < 1.29 is 4.79 Å². The van der Waals surface area contributed by atoms with Gasteiger partial charge in [-0.2, -0.15) is 0 Å². The highest BCUT2D eigenvalue weighted by molar-refractivity contribution is 5.92. The summed E-state index contributed by atoms with van der Waals surface area (Å²) in [7, 11) is 0. The van der Waals surface area contributed by atoms with Gasteiger partial charge in [-0.3, -0.25) is 4.79 Å². The van der Waals surface area contributed by atoms with Crippen molar-refractivity contribution in [1.29, 1.82) is 0 Å². The number of aromatic nitrogens is 2. The number of carbonyl (C=O) groups excluding carboxylic acids is 1. The lowest BCUT2D eigenvalue weighted by molar-refractivity contribution is 0.0755. The number of rotatable bonds is 5. The highest BCUT2D eigenvalue weighted by Crippen LogP contribution is 2.18. The first-order valence-corrected chi connectivity index (χ1v) is 9.57. The highest BCUT2D eigenvalue weighted by Gasteiger charge is 2.20. The maximum Gasteiger partial charge on any atom is 0.274 e. The van der Waals surface area contributed by atoms with Crippen LogP contribution >= 0.6 is 0 Å². The quantitative estimate of drug-likeness (QED) is 0.819. The van der Waals surface area contributed by atoms with Crippen LogP contribution in [0.2, 0.25) is 0 Å². The molecule has 3 rings (SSSR count). The lowest BCUT2D eigenvalue weighted by Crippen LogP contribution is -2.33. The summed E-state index contributed by atoms with van der Waals surface area (Å²) in [4.78, 5) is 25.8. The van der Waals surface area contributed by atoms with Gasteiger partial charge in [0.25, 0.3) is 5.91 Å². The van der Waals surface area contributed by atoms with Crippen molar-refractivity contribution in [3.63, 3.8) is 0 Å². The Morgan fingerprint density at radius 1 is 1.04 bits per heavy atom. The van der Waals surface area contributed by atoms with Crippen LogP contribution in [0.25, 0.3) is 0 Å². The molecule has 0 bridgehead atoms. The van der Waals surface area contributed by atoms with E-state index in [1.165, 1.54) is 18.4 Å². The molecule has 1 aliphatic rings. The van der Waals surface area contributed by atoms with Gasteiger partial charge in [0.2, 0.25) is 0 Å².